The lowest BCUT2D eigenvalue weighted by Gasteiger charge is -2.27. The largest absolute Gasteiger partial charge is 0.465 e. The van der Waals surface area contributed by atoms with Gasteiger partial charge in [0.25, 0.3) is 0 Å². The quantitative estimate of drug-likeness (QED) is 0.748. The van der Waals surface area contributed by atoms with E-state index in [1.807, 2.05) is 37.3 Å². The predicted octanol–water partition coefficient (Wildman–Crippen LogP) is 3.28. The van der Waals surface area contributed by atoms with E-state index >= 15 is 0 Å². The van der Waals surface area contributed by atoms with Gasteiger partial charge in [-0.25, -0.2) is 0 Å². The zero-order chi connectivity index (χ0) is 19.4. The summed E-state index contributed by atoms with van der Waals surface area (Å²) in [7, 11) is 0. The lowest BCUT2D eigenvalue weighted by molar-refractivity contribution is -0.151. The van der Waals surface area contributed by atoms with E-state index in [4.69, 9.17) is 16.3 Å². The van der Waals surface area contributed by atoms with Gasteiger partial charge in [-0.15, -0.1) is 0 Å². The van der Waals surface area contributed by atoms with Crippen LogP contribution in [-0.2, 0) is 27.2 Å². The lowest BCUT2D eigenvalue weighted by atomic mass is 9.95. The Bertz CT molecular complexity index is 841. The number of benzene rings is 2. The summed E-state index contributed by atoms with van der Waals surface area (Å²) < 4.78 is 5.29. The van der Waals surface area contributed by atoms with Crippen LogP contribution in [0.3, 0.4) is 0 Å². The topological polar surface area (TPSA) is 67.4 Å². The Hall–Kier alpha value is -2.37. The molecule has 0 aliphatic heterocycles. The molecule has 0 heterocycles. The van der Waals surface area contributed by atoms with Gasteiger partial charge in [0.15, 0.2) is 0 Å². The summed E-state index contributed by atoms with van der Waals surface area (Å²) in [4.78, 5) is 25.1. The van der Waals surface area contributed by atoms with Gasteiger partial charge >= 0.3 is 5.97 Å². The molecule has 2 aromatic carbocycles. The van der Waals surface area contributed by atoms with Gasteiger partial charge in [-0.2, -0.15) is 0 Å². The first kappa shape index (κ1) is 19.4. The molecule has 0 spiro atoms. The van der Waals surface area contributed by atoms with Gasteiger partial charge in [0, 0.05) is 12.8 Å². The summed E-state index contributed by atoms with van der Waals surface area (Å²) in [5.41, 5.74) is 2.84. The van der Waals surface area contributed by atoms with Gasteiger partial charge in [0.05, 0.1) is 23.9 Å². The van der Waals surface area contributed by atoms with Crippen LogP contribution in [0.15, 0.2) is 42.5 Å². The Morgan fingerprint density at radius 1 is 1.15 bits per heavy atom. The molecule has 0 saturated heterocycles. The van der Waals surface area contributed by atoms with E-state index in [-0.39, 0.29) is 18.4 Å². The molecule has 1 aliphatic carbocycles. The summed E-state index contributed by atoms with van der Waals surface area (Å²) in [6, 6.07) is 13.3. The summed E-state index contributed by atoms with van der Waals surface area (Å²) in [6.45, 7) is 3.99. The Morgan fingerprint density at radius 2 is 1.81 bits per heavy atom. The van der Waals surface area contributed by atoms with Crippen LogP contribution in [0.5, 0.6) is 0 Å². The number of carbonyl (C=O) groups excluding carboxylic acids is 2. The van der Waals surface area contributed by atoms with Crippen LogP contribution < -0.4 is 10.6 Å². The van der Waals surface area contributed by atoms with Gasteiger partial charge in [-0.05, 0) is 42.7 Å². The first-order valence-electron chi connectivity index (χ1n) is 8.98. The fourth-order valence-electron chi connectivity index (χ4n) is 3.39. The van der Waals surface area contributed by atoms with Crippen molar-refractivity contribution in [3.8, 4) is 0 Å². The summed E-state index contributed by atoms with van der Waals surface area (Å²) in [5.74, 6) is -0.595. The second kappa shape index (κ2) is 8.11. The number of fused-ring (bicyclic) bond motifs is 1. The minimum Gasteiger partial charge on any atom is -0.465 e. The molecule has 1 aliphatic rings. The molecule has 1 amide bonds. The second-order valence-electron chi connectivity index (χ2n) is 6.81. The first-order valence-corrected chi connectivity index (χ1v) is 9.36. The zero-order valence-electron chi connectivity index (χ0n) is 15.5. The number of halogens is 1. The number of nitrogens with one attached hydrogen (secondary N) is 2. The van der Waals surface area contributed by atoms with Crippen LogP contribution in [0, 0.1) is 6.92 Å². The third-order valence-electron chi connectivity index (χ3n) is 4.76. The highest BCUT2D eigenvalue weighted by molar-refractivity contribution is 6.33. The number of esters is 1. The van der Waals surface area contributed by atoms with Crippen molar-refractivity contribution in [3.05, 3.63) is 64.2 Å². The van der Waals surface area contributed by atoms with Gasteiger partial charge in [-0.1, -0.05) is 41.9 Å². The minimum atomic E-state index is -0.923. The van der Waals surface area contributed by atoms with E-state index in [9.17, 15) is 9.59 Å². The van der Waals surface area contributed by atoms with Crippen molar-refractivity contribution in [2.75, 3.05) is 18.5 Å². The van der Waals surface area contributed by atoms with E-state index in [1.54, 1.807) is 19.1 Å². The van der Waals surface area contributed by atoms with E-state index < -0.39 is 5.54 Å². The number of amides is 1. The van der Waals surface area contributed by atoms with Crippen molar-refractivity contribution in [1.29, 1.82) is 0 Å². The summed E-state index contributed by atoms with van der Waals surface area (Å²) in [6.07, 6.45) is 1.00. The molecule has 0 radical (unpaired) electrons. The zero-order valence-corrected chi connectivity index (χ0v) is 16.2. The molecule has 27 heavy (non-hydrogen) atoms. The Kier molecular flexibility index (Phi) is 5.82. The number of rotatable bonds is 6. The molecule has 0 saturated carbocycles. The van der Waals surface area contributed by atoms with Crippen LogP contribution in [0.2, 0.25) is 5.02 Å². The maximum atomic E-state index is 12.7. The third-order valence-corrected chi connectivity index (χ3v) is 5.07. The van der Waals surface area contributed by atoms with Crippen molar-refractivity contribution in [2.24, 2.45) is 0 Å². The molecular formula is C21H23ClN2O3. The minimum absolute atomic E-state index is 0.0169. The van der Waals surface area contributed by atoms with E-state index in [0.717, 1.165) is 16.7 Å². The Labute approximate surface area is 164 Å². The lowest BCUT2D eigenvalue weighted by Crippen LogP contribution is -2.56. The third kappa shape index (κ3) is 4.31. The van der Waals surface area contributed by atoms with E-state index in [0.29, 0.717) is 30.2 Å². The fraction of sp³-hybridized carbons (Fsp3) is 0.333. The molecule has 6 heteroatoms. The normalized spacial score (nSPS) is 14.5. The number of ether oxygens (including phenoxy) is 1. The molecule has 0 atom stereocenters. The number of anilines is 1. The van der Waals surface area contributed by atoms with Crippen LogP contribution in [0.25, 0.3) is 0 Å². The maximum Gasteiger partial charge on any atom is 0.327 e. The van der Waals surface area contributed by atoms with Crippen LogP contribution >= 0.6 is 11.6 Å². The van der Waals surface area contributed by atoms with E-state index in [2.05, 4.69) is 10.6 Å². The highest BCUT2D eigenvalue weighted by Crippen LogP contribution is 2.31. The smallest absolute Gasteiger partial charge is 0.327 e. The number of aryl methyl sites for hydroxylation is 1. The molecule has 0 bridgehead atoms. The average molecular weight is 387 g/mol. The SMILES string of the molecule is CCOC(=O)C1(NCC(=O)Nc2ccc(C)cc2Cl)Cc2ccccc2C1. The Morgan fingerprint density at radius 3 is 2.41 bits per heavy atom. The number of carbonyl (C=O) groups is 2. The van der Waals surface area contributed by atoms with Gasteiger partial charge in [0.1, 0.15) is 5.54 Å². The monoisotopic (exact) mass is 386 g/mol. The molecule has 142 valence electrons. The summed E-state index contributed by atoms with van der Waals surface area (Å²) in [5, 5.41) is 6.42. The van der Waals surface area contributed by atoms with Crippen molar-refractivity contribution in [3.63, 3.8) is 0 Å². The number of hydrogen-bond donors (Lipinski definition) is 2. The molecule has 2 aromatic rings. The van der Waals surface area contributed by atoms with Gasteiger partial charge < -0.3 is 10.1 Å². The van der Waals surface area contributed by atoms with Crippen LogP contribution in [-0.4, -0.2) is 30.6 Å². The van der Waals surface area contributed by atoms with Gasteiger partial charge in [0.2, 0.25) is 5.91 Å². The first-order chi connectivity index (χ1) is 12.9. The molecule has 2 N–H and O–H groups in total. The van der Waals surface area contributed by atoms with Gasteiger partial charge in [-0.3, -0.25) is 14.9 Å². The van der Waals surface area contributed by atoms with Crippen molar-refractivity contribution >= 4 is 29.2 Å². The predicted molar refractivity (Wildman–Crippen MR) is 106 cm³/mol. The summed E-state index contributed by atoms with van der Waals surface area (Å²) >= 11 is 6.17. The van der Waals surface area contributed by atoms with Crippen molar-refractivity contribution < 1.29 is 14.3 Å². The molecular weight excluding hydrogens is 364 g/mol. The Balaban J connectivity index is 1.70. The van der Waals surface area contributed by atoms with Crippen LogP contribution in [0.1, 0.15) is 23.6 Å². The highest BCUT2D eigenvalue weighted by Gasteiger charge is 2.45. The molecule has 3 rings (SSSR count). The molecule has 0 unspecified atom stereocenters. The molecule has 0 fully saturated rings. The molecule has 5 nitrogen and oxygen atoms in total. The number of hydrogen-bond acceptors (Lipinski definition) is 4. The standard InChI is InChI=1S/C21H23ClN2O3/c1-3-27-20(26)21(11-15-6-4-5-7-16(15)12-21)23-13-19(25)24-18-9-8-14(2)10-17(18)22/h4-10,23H,3,11-13H2,1-2H3,(H,24,25). The maximum absolute atomic E-state index is 12.7. The van der Waals surface area contributed by atoms with Crippen molar-refractivity contribution in [1.82, 2.24) is 5.32 Å². The highest BCUT2D eigenvalue weighted by atomic mass is 35.5. The average Bonchev–Trinajstić information content (AvgIpc) is 3.03. The van der Waals surface area contributed by atoms with Crippen LogP contribution in [0.4, 0.5) is 5.69 Å². The molecule has 0 aromatic heterocycles. The van der Waals surface area contributed by atoms with E-state index in [1.165, 1.54) is 0 Å². The fourth-order valence-corrected chi connectivity index (χ4v) is 3.67. The van der Waals surface area contributed by atoms with Crippen molar-refractivity contribution in [2.45, 2.75) is 32.2 Å². The second-order valence-corrected chi connectivity index (χ2v) is 7.22.